The van der Waals surface area contributed by atoms with E-state index < -0.39 is 29.7 Å². The van der Waals surface area contributed by atoms with Gasteiger partial charge in [-0.2, -0.15) is 0 Å². The van der Waals surface area contributed by atoms with Crippen molar-refractivity contribution in [2.24, 2.45) is 0 Å². The van der Waals surface area contributed by atoms with E-state index in [1.165, 1.54) is 6.07 Å². The van der Waals surface area contributed by atoms with Gasteiger partial charge in [0.15, 0.2) is 0 Å². The molecular formula is C14H14N4O4. The molecule has 1 saturated heterocycles. The largest absolute Gasteiger partial charge is 0.363 e. The summed E-state index contributed by atoms with van der Waals surface area (Å²) < 4.78 is 0. The third-order valence-electron chi connectivity index (χ3n) is 3.78. The van der Waals surface area contributed by atoms with Crippen LogP contribution in [0.3, 0.4) is 0 Å². The minimum absolute atomic E-state index is 0.197. The molecule has 1 atom stereocenters. The smallest absolute Gasteiger partial charge is 0.264 e. The highest BCUT2D eigenvalue weighted by molar-refractivity contribution is 6.24. The Kier molecular flexibility index (Phi) is 2.98. The van der Waals surface area contributed by atoms with Crippen molar-refractivity contribution in [3.8, 4) is 0 Å². The molecular weight excluding hydrogens is 288 g/mol. The van der Waals surface area contributed by atoms with Crippen molar-refractivity contribution in [3.05, 3.63) is 22.9 Å². The van der Waals surface area contributed by atoms with E-state index in [9.17, 15) is 19.2 Å². The van der Waals surface area contributed by atoms with Crippen LogP contribution in [-0.2, 0) is 9.59 Å². The zero-order valence-electron chi connectivity index (χ0n) is 12.3. The predicted molar refractivity (Wildman–Crippen MR) is 75.4 cm³/mol. The molecule has 0 saturated carbocycles. The van der Waals surface area contributed by atoms with Crippen molar-refractivity contribution < 1.29 is 19.2 Å². The molecule has 0 spiro atoms. The van der Waals surface area contributed by atoms with E-state index in [0.29, 0.717) is 11.5 Å². The first-order chi connectivity index (χ1) is 10.3. The third-order valence-corrected chi connectivity index (χ3v) is 3.78. The van der Waals surface area contributed by atoms with Crippen LogP contribution < -0.4 is 10.2 Å². The van der Waals surface area contributed by atoms with Gasteiger partial charge in [-0.15, -0.1) is 0 Å². The first-order valence-corrected chi connectivity index (χ1v) is 6.71. The van der Waals surface area contributed by atoms with Gasteiger partial charge in [-0.3, -0.25) is 29.4 Å². The van der Waals surface area contributed by atoms with Gasteiger partial charge in [-0.05, 0) is 13.0 Å². The molecule has 8 heteroatoms. The van der Waals surface area contributed by atoms with Crippen LogP contribution in [-0.4, -0.2) is 53.6 Å². The van der Waals surface area contributed by atoms with E-state index >= 15 is 0 Å². The maximum atomic E-state index is 12.5. The van der Waals surface area contributed by atoms with Gasteiger partial charge in [0, 0.05) is 14.1 Å². The number of amides is 4. The topological polar surface area (TPSA) is 99.7 Å². The van der Waals surface area contributed by atoms with Crippen molar-refractivity contribution in [1.82, 2.24) is 15.2 Å². The molecule has 3 heterocycles. The van der Waals surface area contributed by atoms with Crippen LogP contribution in [0.5, 0.6) is 0 Å². The number of aromatic nitrogens is 1. The predicted octanol–water partition coefficient (Wildman–Crippen LogP) is -0.533. The van der Waals surface area contributed by atoms with E-state index in [-0.39, 0.29) is 17.5 Å². The number of carbonyl (C=O) groups excluding carboxylic acids is 4. The number of nitrogens with one attached hydrogen (secondary N) is 1. The lowest BCUT2D eigenvalue weighted by atomic mass is 10.1. The number of carbonyl (C=O) groups is 4. The Hall–Kier alpha value is -2.77. The van der Waals surface area contributed by atoms with Gasteiger partial charge in [-0.25, -0.2) is 4.98 Å². The zero-order valence-corrected chi connectivity index (χ0v) is 12.3. The number of hydrogen-bond acceptors (Lipinski definition) is 6. The zero-order chi connectivity index (χ0) is 16.2. The lowest BCUT2D eigenvalue weighted by Crippen LogP contribution is -2.44. The molecule has 1 aromatic heterocycles. The second-order valence-corrected chi connectivity index (χ2v) is 5.50. The summed E-state index contributed by atoms with van der Waals surface area (Å²) in [6, 6.07) is 0.444. The number of imide groups is 2. The quantitative estimate of drug-likeness (QED) is 0.737. The average Bonchev–Trinajstić information content (AvgIpc) is 2.87. The van der Waals surface area contributed by atoms with Crippen LogP contribution in [0.25, 0.3) is 0 Å². The number of hydrogen-bond donors (Lipinski definition) is 1. The molecule has 1 N–H and O–H groups in total. The Morgan fingerprint density at radius 3 is 2.45 bits per heavy atom. The number of anilines is 1. The Morgan fingerprint density at radius 1 is 1.23 bits per heavy atom. The Morgan fingerprint density at radius 2 is 1.91 bits per heavy atom. The maximum Gasteiger partial charge on any atom is 0.264 e. The fourth-order valence-electron chi connectivity index (χ4n) is 2.70. The van der Waals surface area contributed by atoms with Crippen molar-refractivity contribution in [3.63, 3.8) is 0 Å². The lowest BCUT2D eigenvalue weighted by molar-refractivity contribution is -0.125. The summed E-state index contributed by atoms with van der Waals surface area (Å²) in [6.07, 6.45) is -0.197. The summed E-state index contributed by atoms with van der Waals surface area (Å²) in [5, 5.41) is 2.11. The lowest BCUT2D eigenvalue weighted by Gasteiger charge is -2.18. The van der Waals surface area contributed by atoms with Crippen LogP contribution >= 0.6 is 0 Å². The first kappa shape index (κ1) is 14.2. The van der Waals surface area contributed by atoms with Gasteiger partial charge in [0.05, 0.1) is 23.2 Å². The number of rotatable bonds is 2. The van der Waals surface area contributed by atoms with Gasteiger partial charge in [-0.1, -0.05) is 0 Å². The Labute approximate surface area is 126 Å². The van der Waals surface area contributed by atoms with Crippen LogP contribution in [0, 0.1) is 6.92 Å². The minimum atomic E-state index is -1.08. The highest BCUT2D eigenvalue weighted by atomic mass is 16.2. The van der Waals surface area contributed by atoms with Crippen LogP contribution in [0.1, 0.15) is 32.8 Å². The molecule has 4 amide bonds. The number of fused-ring (bicyclic) bond motifs is 1. The maximum absolute atomic E-state index is 12.5. The monoisotopic (exact) mass is 302 g/mol. The Bertz CT molecular complexity index is 741. The van der Waals surface area contributed by atoms with E-state index in [1.54, 1.807) is 25.9 Å². The van der Waals surface area contributed by atoms with Crippen LogP contribution in [0.15, 0.2) is 6.07 Å². The molecule has 0 bridgehead atoms. The molecule has 3 rings (SSSR count). The highest BCUT2D eigenvalue weighted by Crippen LogP contribution is 2.30. The van der Waals surface area contributed by atoms with Gasteiger partial charge in [0.25, 0.3) is 11.8 Å². The molecule has 2 aliphatic rings. The van der Waals surface area contributed by atoms with Crippen molar-refractivity contribution >= 4 is 29.4 Å². The van der Waals surface area contributed by atoms with E-state index in [2.05, 4.69) is 10.3 Å². The van der Waals surface area contributed by atoms with E-state index in [0.717, 1.165) is 4.90 Å². The molecule has 0 aromatic carbocycles. The minimum Gasteiger partial charge on any atom is -0.363 e. The Balaban J connectivity index is 2.07. The van der Waals surface area contributed by atoms with Gasteiger partial charge < -0.3 is 4.90 Å². The van der Waals surface area contributed by atoms with Crippen molar-refractivity contribution in [2.75, 3.05) is 19.0 Å². The van der Waals surface area contributed by atoms with E-state index in [1.807, 2.05) is 0 Å². The van der Waals surface area contributed by atoms with E-state index in [4.69, 9.17) is 0 Å². The highest BCUT2D eigenvalue weighted by Gasteiger charge is 2.47. The molecule has 0 aliphatic carbocycles. The molecule has 22 heavy (non-hydrogen) atoms. The molecule has 2 aliphatic heterocycles. The summed E-state index contributed by atoms with van der Waals surface area (Å²) in [5.74, 6) is -1.71. The molecule has 1 aromatic rings. The second kappa shape index (κ2) is 4.62. The number of nitrogens with zero attached hydrogens (tertiary/aromatic N) is 3. The van der Waals surface area contributed by atoms with Crippen molar-refractivity contribution in [1.29, 1.82) is 0 Å². The van der Waals surface area contributed by atoms with Crippen LogP contribution in [0.2, 0.25) is 0 Å². The van der Waals surface area contributed by atoms with Gasteiger partial charge in [0.2, 0.25) is 11.8 Å². The molecule has 1 unspecified atom stereocenters. The summed E-state index contributed by atoms with van der Waals surface area (Å²) in [4.78, 5) is 55.0. The second-order valence-electron chi connectivity index (χ2n) is 5.50. The van der Waals surface area contributed by atoms with Crippen molar-refractivity contribution in [2.45, 2.75) is 19.4 Å². The summed E-state index contributed by atoms with van der Waals surface area (Å²) in [5.41, 5.74) is 0.836. The summed E-state index contributed by atoms with van der Waals surface area (Å²) in [7, 11) is 3.55. The molecule has 1 fully saturated rings. The fourth-order valence-corrected chi connectivity index (χ4v) is 2.70. The average molecular weight is 302 g/mol. The summed E-state index contributed by atoms with van der Waals surface area (Å²) >= 11 is 0. The number of aryl methyl sites for hydroxylation is 1. The fraction of sp³-hybridized carbons (Fsp3) is 0.357. The SMILES string of the molecule is Cc1nc(N(C)C)cc2c1C(=O)N(C1CC(=O)NC1=O)C2=O. The standard InChI is InChI=1S/C14H14N4O4/c1-6-11-7(4-9(15-6)17(2)3)13(21)18(14(11)22)8-5-10(19)16-12(8)20/h4,8H,5H2,1-3H3,(H,16,19,20). The van der Waals surface area contributed by atoms with Crippen LogP contribution in [0.4, 0.5) is 5.82 Å². The molecule has 8 nitrogen and oxygen atoms in total. The number of pyridine rings is 1. The molecule has 0 radical (unpaired) electrons. The summed E-state index contributed by atoms with van der Waals surface area (Å²) in [6.45, 7) is 1.64. The normalized spacial score (nSPS) is 20.5. The van der Waals surface area contributed by atoms with Gasteiger partial charge in [0.1, 0.15) is 11.9 Å². The van der Waals surface area contributed by atoms with Gasteiger partial charge >= 0.3 is 0 Å². The molecule has 114 valence electrons. The third kappa shape index (κ3) is 1.87. The first-order valence-electron chi connectivity index (χ1n) is 6.71.